The van der Waals surface area contributed by atoms with Crippen molar-refractivity contribution in [2.45, 2.75) is 18.2 Å². The highest BCUT2D eigenvalue weighted by atomic mass is 32.2. The number of rotatable bonds is 4. The highest BCUT2D eigenvalue weighted by molar-refractivity contribution is 7.86. The van der Waals surface area contributed by atoms with Gasteiger partial charge in [-0.1, -0.05) is 5.11 Å². The second-order valence-corrected chi connectivity index (χ2v) is 4.92. The molecule has 0 aromatic carbocycles. The summed E-state index contributed by atoms with van der Waals surface area (Å²) in [6.45, 7) is -0.107. The monoisotopic (exact) mass is 265 g/mol. The summed E-state index contributed by atoms with van der Waals surface area (Å²) in [6, 6.07) is -0.890. The van der Waals surface area contributed by atoms with Crippen LogP contribution in [0.4, 0.5) is 0 Å². The molecular weight excluding hydrogens is 254 g/mol. The van der Waals surface area contributed by atoms with Crippen molar-refractivity contribution >= 4 is 16.1 Å². The Labute approximate surface area is 97.4 Å². The van der Waals surface area contributed by atoms with Crippen molar-refractivity contribution in [2.24, 2.45) is 5.11 Å². The SMILES string of the molecule is COC(=O)C1OCC(N=[N+]=[N-])C1OS(C)(=O)=O. The fourth-order valence-corrected chi connectivity index (χ4v) is 2.03. The molecule has 1 aliphatic heterocycles. The first-order valence-corrected chi connectivity index (χ1v) is 6.32. The molecule has 1 aliphatic rings. The van der Waals surface area contributed by atoms with Crippen LogP contribution in [0.2, 0.25) is 0 Å². The van der Waals surface area contributed by atoms with Crippen molar-refractivity contribution in [3.05, 3.63) is 10.4 Å². The molecule has 1 fully saturated rings. The van der Waals surface area contributed by atoms with Gasteiger partial charge < -0.3 is 9.47 Å². The van der Waals surface area contributed by atoms with Crippen molar-refractivity contribution in [1.82, 2.24) is 0 Å². The maximum Gasteiger partial charge on any atom is 0.337 e. The van der Waals surface area contributed by atoms with E-state index in [1.54, 1.807) is 0 Å². The molecule has 10 heteroatoms. The van der Waals surface area contributed by atoms with Gasteiger partial charge in [-0.3, -0.25) is 4.18 Å². The van der Waals surface area contributed by atoms with Gasteiger partial charge in [0.25, 0.3) is 10.1 Å². The van der Waals surface area contributed by atoms with Crippen molar-refractivity contribution in [3.8, 4) is 0 Å². The van der Waals surface area contributed by atoms with Gasteiger partial charge in [0, 0.05) is 4.91 Å². The van der Waals surface area contributed by atoms with Crippen LogP contribution in [0.5, 0.6) is 0 Å². The van der Waals surface area contributed by atoms with E-state index in [4.69, 9.17) is 10.3 Å². The zero-order valence-electron chi connectivity index (χ0n) is 9.14. The quantitative estimate of drug-likeness (QED) is 0.223. The number of esters is 1. The molecule has 0 saturated carbocycles. The fraction of sp³-hybridized carbons (Fsp3) is 0.857. The number of carbonyl (C=O) groups excluding carboxylic acids is 1. The molecular formula is C7H11N3O6S. The Hall–Kier alpha value is -1.35. The summed E-state index contributed by atoms with van der Waals surface area (Å²) >= 11 is 0. The smallest absolute Gasteiger partial charge is 0.337 e. The lowest BCUT2D eigenvalue weighted by Gasteiger charge is -2.17. The molecule has 0 N–H and O–H groups in total. The minimum absolute atomic E-state index is 0.107. The Bertz CT molecular complexity index is 443. The van der Waals surface area contributed by atoms with E-state index >= 15 is 0 Å². The summed E-state index contributed by atoms with van der Waals surface area (Å²) in [5.74, 6) is -0.783. The summed E-state index contributed by atoms with van der Waals surface area (Å²) in [7, 11) is -2.68. The van der Waals surface area contributed by atoms with E-state index in [1.807, 2.05) is 0 Å². The second kappa shape index (κ2) is 5.32. The second-order valence-electron chi connectivity index (χ2n) is 3.31. The van der Waals surface area contributed by atoms with Crippen LogP contribution in [-0.4, -0.2) is 52.6 Å². The molecule has 0 amide bonds. The molecule has 17 heavy (non-hydrogen) atoms. The maximum absolute atomic E-state index is 11.3. The third-order valence-corrected chi connectivity index (χ3v) is 2.62. The lowest BCUT2D eigenvalue weighted by molar-refractivity contribution is -0.154. The van der Waals surface area contributed by atoms with Crippen LogP contribution in [0, 0.1) is 0 Å². The van der Waals surface area contributed by atoms with E-state index in [1.165, 1.54) is 0 Å². The molecule has 0 aliphatic carbocycles. The molecule has 0 bridgehead atoms. The Morgan fingerprint density at radius 1 is 1.59 bits per heavy atom. The molecule has 3 atom stereocenters. The molecule has 0 aromatic heterocycles. The molecule has 96 valence electrons. The van der Waals surface area contributed by atoms with Crippen LogP contribution in [0.15, 0.2) is 5.11 Å². The highest BCUT2D eigenvalue weighted by Crippen LogP contribution is 2.23. The number of carbonyl (C=O) groups is 1. The average molecular weight is 265 g/mol. The normalized spacial score (nSPS) is 28.5. The predicted octanol–water partition coefficient (Wildman–Crippen LogP) is -0.418. The van der Waals surface area contributed by atoms with Gasteiger partial charge in [0.05, 0.1) is 26.0 Å². The number of methoxy groups -OCH3 is 1. The van der Waals surface area contributed by atoms with Gasteiger partial charge in [0.15, 0.2) is 6.10 Å². The third-order valence-electron chi connectivity index (χ3n) is 2.04. The minimum Gasteiger partial charge on any atom is -0.467 e. The molecule has 1 rings (SSSR count). The van der Waals surface area contributed by atoms with Crippen molar-refractivity contribution in [2.75, 3.05) is 20.0 Å². The number of azide groups is 1. The van der Waals surface area contributed by atoms with Crippen LogP contribution in [0.1, 0.15) is 0 Å². The predicted molar refractivity (Wildman–Crippen MR) is 54.4 cm³/mol. The molecule has 0 spiro atoms. The van der Waals surface area contributed by atoms with Crippen molar-refractivity contribution in [1.29, 1.82) is 0 Å². The van der Waals surface area contributed by atoms with E-state index in [0.29, 0.717) is 0 Å². The first-order valence-electron chi connectivity index (χ1n) is 4.51. The number of hydrogen-bond acceptors (Lipinski definition) is 7. The average Bonchev–Trinajstić information content (AvgIpc) is 2.59. The third kappa shape index (κ3) is 3.56. The largest absolute Gasteiger partial charge is 0.467 e. The van der Waals surface area contributed by atoms with Gasteiger partial charge in [0.1, 0.15) is 6.10 Å². The lowest BCUT2D eigenvalue weighted by Crippen LogP contribution is -2.39. The van der Waals surface area contributed by atoms with Crippen LogP contribution in [0.25, 0.3) is 10.4 Å². The lowest BCUT2D eigenvalue weighted by atomic mass is 10.1. The fourth-order valence-electron chi connectivity index (χ4n) is 1.39. The summed E-state index contributed by atoms with van der Waals surface area (Å²) < 4.78 is 36.2. The van der Waals surface area contributed by atoms with E-state index in [0.717, 1.165) is 13.4 Å². The van der Waals surface area contributed by atoms with E-state index < -0.39 is 34.3 Å². The van der Waals surface area contributed by atoms with Gasteiger partial charge >= 0.3 is 5.97 Å². The molecule has 9 nitrogen and oxygen atoms in total. The van der Waals surface area contributed by atoms with Crippen molar-refractivity contribution in [3.63, 3.8) is 0 Å². The van der Waals surface area contributed by atoms with Crippen LogP contribution in [-0.2, 0) is 28.6 Å². The summed E-state index contributed by atoms with van der Waals surface area (Å²) in [4.78, 5) is 13.8. The number of nitrogens with zero attached hydrogens (tertiary/aromatic N) is 3. The molecule has 0 aromatic rings. The zero-order chi connectivity index (χ0) is 13.1. The molecule has 1 heterocycles. The van der Waals surface area contributed by atoms with Crippen LogP contribution < -0.4 is 0 Å². The first-order chi connectivity index (χ1) is 7.89. The molecule has 3 unspecified atom stereocenters. The molecule has 1 saturated heterocycles. The molecule has 0 radical (unpaired) electrons. The Kier molecular flexibility index (Phi) is 4.29. The van der Waals surface area contributed by atoms with Gasteiger partial charge in [-0.25, -0.2) is 4.79 Å². The standard InChI is InChI=1S/C7H11N3O6S/c1-14-7(11)6-5(16-17(2,12)13)4(3-15-6)9-10-8/h4-6H,3H2,1-2H3. The number of hydrogen-bond donors (Lipinski definition) is 0. The zero-order valence-corrected chi connectivity index (χ0v) is 9.96. The summed E-state index contributed by atoms with van der Waals surface area (Å²) in [5.41, 5.74) is 8.31. The maximum atomic E-state index is 11.3. The topological polar surface area (TPSA) is 128 Å². The van der Waals surface area contributed by atoms with Crippen LogP contribution in [0.3, 0.4) is 0 Å². The van der Waals surface area contributed by atoms with Crippen molar-refractivity contribution < 1.29 is 26.9 Å². The summed E-state index contributed by atoms with van der Waals surface area (Å²) in [5, 5.41) is 3.31. The van der Waals surface area contributed by atoms with Crippen LogP contribution >= 0.6 is 0 Å². The Balaban J connectivity index is 2.93. The van der Waals surface area contributed by atoms with E-state index in [9.17, 15) is 13.2 Å². The summed E-state index contributed by atoms with van der Waals surface area (Å²) in [6.07, 6.45) is -1.59. The van der Waals surface area contributed by atoms with E-state index in [-0.39, 0.29) is 6.61 Å². The highest BCUT2D eigenvalue weighted by Gasteiger charge is 2.44. The first kappa shape index (κ1) is 13.7. The Morgan fingerprint density at radius 2 is 2.24 bits per heavy atom. The Morgan fingerprint density at radius 3 is 2.71 bits per heavy atom. The van der Waals surface area contributed by atoms with Gasteiger partial charge in [-0.15, -0.1) is 0 Å². The van der Waals surface area contributed by atoms with Gasteiger partial charge in [-0.2, -0.15) is 8.42 Å². The minimum atomic E-state index is -3.80. The van der Waals surface area contributed by atoms with Gasteiger partial charge in [-0.05, 0) is 5.53 Å². The van der Waals surface area contributed by atoms with Gasteiger partial charge in [0.2, 0.25) is 0 Å². The van der Waals surface area contributed by atoms with E-state index in [2.05, 4.69) is 18.9 Å². The number of ether oxygens (including phenoxy) is 2.